The lowest BCUT2D eigenvalue weighted by atomic mass is 10.1. The van der Waals surface area contributed by atoms with Crippen LogP contribution in [0.15, 0.2) is 66.7 Å². The molecule has 6 heteroatoms. The van der Waals surface area contributed by atoms with E-state index in [1.807, 2.05) is 54.6 Å². The first kappa shape index (κ1) is 21.0. The van der Waals surface area contributed by atoms with E-state index in [0.29, 0.717) is 26.1 Å². The van der Waals surface area contributed by atoms with Gasteiger partial charge in [-0.05, 0) is 49.4 Å². The van der Waals surface area contributed by atoms with E-state index in [9.17, 15) is 5.11 Å². The number of para-hydroxylation sites is 3. The summed E-state index contributed by atoms with van der Waals surface area (Å²) in [5, 5.41) is 15.8. The highest BCUT2D eigenvalue weighted by Crippen LogP contribution is 2.28. The summed E-state index contributed by atoms with van der Waals surface area (Å²) in [4.78, 5) is 3.40. The van der Waals surface area contributed by atoms with Crippen LogP contribution < -0.4 is 19.5 Å². The summed E-state index contributed by atoms with van der Waals surface area (Å²) in [6.07, 6.45) is 0.0607. The minimum Gasteiger partial charge on any atom is -0.493 e. The number of ether oxygens (including phenoxy) is 3. The molecule has 6 nitrogen and oxygen atoms in total. The van der Waals surface area contributed by atoms with Crippen molar-refractivity contribution < 1.29 is 19.3 Å². The first-order chi connectivity index (χ1) is 15.2. The Kier molecular flexibility index (Phi) is 6.92. The van der Waals surface area contributed by atoms with Gasteiger partial charge in [0.05, 0.1) is 13.2 Å². The number of H-pyrrole nitrogens is 1. The second-order valence-corrected chi connectivity index (χ2v) is 7.38. The third-order valence-corrected chi connectivity index (χ3v) is 5.18. The molecule has 3 N–H and O–H groups in total. The van der Waals surface area contributed by atoms with Gasteiger partial charge in [0, 0.05) is 28.4 Å². The molecule has 0 spiro atoms. The number of methoxy groups -OCH3 is 1. The van der Waals surface area contributed by atoms with Crippen LogP contribution in [0.25, 0.3) is 21.8 Å². The highest BCUT2D eigenvalue weighted by atomic mass is 16.5. The number of benzene rings is 3. The second-order valence-electron chi connectivity index (χ2n) is 7.38. The smallest absolute Gasteiger partial charge is 0.161 e. The molecule has 0 amide bonds. The highest BCUT2D eigenvalue weighted by molar-refractivity contribution is 6.07. The number of fused-ring (bicyclic) bond motifs is 3. The maximum atomic E-state index is 10.2. The Morgan fingerprint density at radius 3 is 2.52 bits per heavy atom. The molecule has 1 unspecified atom stereocenters. The molecule has 1 heterocycles. The van der Waals surface area contributed by atoms with Gasteiger partial charge in [-0.2, -0.15) is 0 Å². The average Bonchev–Trinajstić information content (AvgIpc) is 3.18. The number of aliphatic hydroxyl groups excluding tert-OH is 1. The van der Waals surface area contributed by atoms with Gasteiger partial charge in [-0.1, -0.05) is 30.3 Å². The van der Waals surface area contributed by atoms with Gasteiger partial charge in [0.2, 0.25) is 0 Å². The molecule has 31 heavy (non-hydrogen) atoms. The molecule has 0 fully saturated rings. The fraction of sp³-hybridized carbons (Fsp3) is 0.280. The van der Waals surface area contributed by atoms with Gasteiger partial charge < -0.3 is 29.6 Å². The van der Waals surface area contributed by atoms with Crippen LogP contribution in [-0.2, 0) is 0 Å². The van der Waals surface area contributed by atoms with E-state index in [1.165, 1.54) is 5.39 Å². The number of aliphatic hydroxyl groups is 1. The van der Waals surface area contributed by atoms with Gasteiger partial charge in [-0.25, -0.2) is 0 Å². The fourth-order valence-corrected chi connectivity index (χ4v) is 3.56. The van der Waals surface area contributed by atoms with E-state index in [1.54, 1.807) is 7.11 Å². The molecule has 4 aromatic rings. The maximum Gasteiger partial charge on any atom is 0.161 e. The van der Waals surface area contributed by atoms with Crippen LogP contribution in [0.1, 0.15) is 6.42 Å². The van der Waals surface area contributed by atoms with E-state index < -0.39 is 6.10 Å². The summed E-state index contributed by atoms with van der Waals surface area (Å²) in [5.74, 6) is 2.21. The van der Waals surface area contributed by atoms with Crippen LogP contribution in [0.4, 0.5) is 0 Å². The predicted octanol–water partition coefficient (Wildman–Crippen LogP) is 4.13. The molecule has 1 aromatic heterocycles. The number of hydrogen-bond donors (Lipinski definition) is 3. The van der Waals surface area contributed by atoms with Crippen molar-refractivity contribution in [2.45, 2.75) is 12.5 Å². The summed E-state index contributed by atoms with van der Waals surface area (Å²) in [6, 6.07) is 21.7. The summed E-state index contributed by atoms with van der Waals surface area (Å²) in [5.41, 5.74) is 2.18. The SMILES string of the molecule is COc1ccccc1OCCNCCC(O)COc1ccc2[nH]c3ccccc3c2c1. The standard InChI is InChI=1S/C25H28N2O4/c1-29-24-8-4-5-9-25(24)30-15-14-26-13-12-18(28)17-31-19-10-11-23-21(16-19)20-6-2-3-7-22(20)27-23/h2-11,16,18,26-28H,12-15,17H2,1H3. The summed E-state index contributed by atoms with van der Waals surface area (Å²) in [7, 11) is 1.63. The van der Waals surface area contributed by atoms with E-state index >= 15 is 0 Å². The maximum absolute atomic E-state index is 10.2. The summed E-state index contributed by atoms with van der Waals surface area (Å²) >= 11 is 0. The first-order valence-electron chi connectivity index (χ1n) is 10.5. The zero-order chi connectivity index (χ0) is 21.5. The molecule has 162 valence electrons. The quantitative estimate of drug-likeness (QED) is 0.318. The Morgan fingerprint density at radius 2 is 1.65 bits per heavy atom. The summed E-state index contributed by atoms with van der Waals surface area (Å²) in [6.45, 7) is 2.15. The van der Waals surface area contributed by atoms with Crippen molar-refractivity contribution in [1.29, 1.82) is 0 Å². The minimum absolute atomic E-state index is 0.257. The van der Waals surface area contributed by atoms with Crippen molar-refractivity contribution in [3.63, 3.8) is 0 Å². The van der Waals surface area contributed by atoms with E-state index in [4.69, 9.17) is 14.2 Å². The number of aromatic amines is 1. The number of rotatable bonds is 11. The van der Waals surface area contributed by atoms with Gasteiger partial charge in [0.1, 0.15) is 19.0 Å². The average molecular weight is 421 g/mol. The molecular formula is C25H28N2O4. The van der Waals surface area contributed by atoms with Crippen LogP contribution in [0.2, 0.25) is 0 Å². The van der Waals surface area contributed by atoms with Crippen molar-refractivity contribution in [1.82, 2.24) is 10.3 Å². The van der Waals surface area contributed by atoms with Crippen molar-refractivity contribution in [2.75, 3.05) is 33.4 Å². The Labute approximate surface area is 181 Å². The molecule has 0 radical (unpaired) electrons. The van der Waals surface area contributed by atoms with Crippen LogP contribution >= 0.6 is 0 Å². The normalized spacial score (nSPS) is 12.2. The molecule has 0 bridgehead atoms. The Balaban J connectivity index is 1.17. The van der Waals surface area contributed by atoms with Crippen LogP contribution in [0, 0.1) is 0 Å². The molecule has 1 atom stereocenters. The highest BCUT2D eigenvalue weighted by Gasteiger charge is 2.08. The van der Waals surface area contributed by atoms with Gasteiger partial charge in [0.15, 0.2) is 11.5 Å². The number of hydrogen-bond acceptors (Lipinski definition) is 5. The number of aromatic nitrogens is 1. The fourth-order valence-electron chi connectivity index (χ4n) is 3.56. The molecular weight excluding hydrogens is 392 g/mol. The lowest BCUT2D eigenvalue weighted by Gasteiger charge is -2.14. The zero-order valence-corrected chi connectivity index (χ0v) is 17.6. The van der Waals surface area contributed by atoms with Crippen LogP contribution in [0.5, 0.6) is 17.2 Å². The second kappa shape index (κ2) is 10.2. The van der Waals surface area contributed by atoms with Crippen LogP contribution in [0.3, 0.4) is 0 Å². The predicted molar refractivity (Wildman–Crippen MR) is 123 cm³/mol. The van der Waals surface area contributed by atoms with E-state index in [-0.39, 0.29) is 6.61 Å². The Hall–Kier alpha value is -3.22. The summed E-state index contributed by atoms with van der Waals surface area (Å²) < 4.78 is 16.8. The monoisotopic (exact) mass is 420 g/mol. The van der Waals surface area contributed by atoms with Crippen molar-refractivity contribution >= 4 is 21.8 Å². The lowest BCUT2D eigenvalue weighted by molar-refractivity contribution is 0.0997. The molecule has 0 aliphatic rings. The van der Waals surface area contributed by atoms with Gasteiger partial charge in [-0.15, -0.1) is 0 Å². The van der Waals surface area contributed by atoms with Crippen LogP contribution in [-0.4, -0.2) is 49.6 Å². The van der Waals surface area contributed by atoms with Crippen molar-refractivity contribution in [3.8, 4) is 17.2 Å². The molecule has 0 aliphatic carbocycles. The third-order valence-electron chi connectivity index (χ3n) is 5.18. The lowest BCUT2D eigenvalue weighted by Crippen LogP contribution is -2.27. The van der Waals surface area contributed by atoms with Crippen molar-refractivity contribution in [2.24, 2.45) is 0 Å². The Morgan fingerprint density at radius 1 is 0.871 bits per heavy atom. The van der Waals surface area contributed by atoms with Gasteiger partial charge >= 0.3 is 0 Å². The topological polar surface area (TPSA) is 75.7 Å². The van der Waals surface area contributed by atoms with E-state index in [0.717, 1.165) is 33.7 Å². The molecule has 0 aliphatic heterocycles. The molecule has 4 rings (SSSR count). The van der Waals surface area contributed by atoms with Gasteiger partial charge in [0.25, 0.3) is 0 Å². The first-order valence-corrected chi connectivity index (χ1v) is 10.5. The Bertz CT molecular complexity index is 1120. The third kappa shape index (κ3) is 5.29. The molecule has 0 saturated carbocycles. The zero-order valence-electron chi connectivity index (χ0n) is 17.6. The number of nitrogens with one attached hydrogen (secondary N) is 2. The largest absolute Gasteiger partial charge is 0.493 e. The molecule has 0 saturated heterocycles. The van der Waals surface area contributed by atoms with Gasteiger partial charge in [-0.3, -0.25) is 0 Å². The van der Waals surface area contributed by atoms with E-state index in [2.05, 4.69) is 22.4 Å². The van der Waals surface area contributed by atoms with Crippen molar-refractivity contribution in [3.05, 3.63) is 66.7 Å². The molecule has 3 aromatic carbocycles. The minimum atomic E-state index is -0.540.